The molecule has 6 heteroatoms. The first-order valence-electron chi connectivity index (χ1n) is 9.34. The molecule has 2 aromatic rings. The van der Waals surface area contributed by atoms with Crippen LogP contribution >= 0.6 is 0 Å². The summed E-state index contributed by atoms with van der Waals surface area (Å²) in [6.45, 7) is 8.00. The lowest BCUT2D eigenvalue weighted by molar-refractivity contribution is 0.0583. The molecule has 0 aromatic heterocycles. The number of halogens is 1. The third-order valence-electron chi connectivity index (χ3n) is 4.57. The first-order chi connectivity index (χ1) is 13.1. The fourth-order valence-corrected chi connectivity index (χ4v) is 3.16. The van der Waals surface area contributed by atoms with Crippen LogP contribution in [0.4, 0.5) is 14.9 Å². The zero-order valence-corrected chi connectivity index (χ0v) is 16.6. The van der Waals surface area contributed by atoms with E-state index in [1.54, 1.807) is 4.90 Å². The SMILES string of the molecule is CC(NC(=O)c1ccc(F)cc1)c1ccc2c(c1)CCN2C(=O)OC(C)(C)C. The minimum atomic E-state index is -0.543. The van der Waals surface area contributed by atoms with E-state index in [2.05, 4.69) is 5.32 Å². The van der Waals surface area contributed by atoms with Crippen LogP contribution in [-0.4, -0.2) is 24.1 Å². The Labute approximate surface area is 164 Å². The molecule has 1 aliphatic heterocycles. The van der Waals surface area contributed by atoms with Gasteiger partial charge in [-0.05, 0) is 75.6 Å². The number of rotatable bonds is 3. The number of carbonyl (C=O) groups excluding carboxylic acids is 2. The second-order valence-corrected chi connectivity index (χ2v) is 7.97. The van der Waals surface area contributed by atoms with E-state index in [9.17, 15) is 14.0 Å². The highest BCUT2D eigenvalue weighted by Gasteiger charge is 2.29. The molecule has 0 radical (unpaired) electrons. The lowest BCUT2D eigenvalue weighted by atomic mass is 10.0. The molecule has 2 aromatic carbocycles. The van der Waals surface area contributed by atoms with E-state index in [1.807, 2.05) is 45.9 Å². The fraction of sp³-hybridized carbons (Fsp3) is 0.364. The molecule has 1 N–H and O–H groups in total. The molecule has 0 fully saturated rings. The summed E-state index contributed by atoms with van der Waals surface area (Å²) < 4.78 is 18.5. The molecule has 5 nitrogen and oxygen atoms in total. The van der Waals surface area contributed by atoms with Crippen LogP contribution < -0.4 is 10.2 Å². The number of nitrogens with zero attached hydrogens (tertiary/aromatic N) is 1. The summed E-state index contributed by atoms with van der Waals surface area (Å²) in [4.78, 5) is 26.4. The lowest BCUT2D eigenvalue weighted by Gasteiger charge is -2.25. The Hall–Kier alpha value is -2.89. The summed E-state index contributed by atoms with van der Waals surface area (Å²) >= 11 is 0. The fourth-order valence-electron chi connectivity index (χ4n) is 3.16. The third kappa shape index (κ3) is 4.50. The number of nitrogens with one attached hydrogen (secondary N) is 1. The van der Waals surface area contributed by atoms with E-state index in [1.165, 1.54) is 24.3 Å². The Morgan fingerprint density at radius 1 is 1.14 bits per heavy atom. The Kier molecular flexibility index (Phi) is 5.40. The van der Waals surface area contributed by atoms with Gasteiger partial charge in [0.1, 0.15) is 11.4 Å². The zero-order valence-electron chi connectivity index (χ0n) is 16.6. The van der Waals surface area contributed by atoms with Gasteiger partial charge < -0.3 is 10.1 Å². The number of ether oxygens (including phenoxy) is 1. The van der Waals surface area contributed by atoms with E-state index in [-0.39, 0.29) is 23.9 Å². The number of fused-ring (bicyclic) bond motifs is 1. The van der Waals surface area contributed by atoms with E-state index in [4.69, 9.17) is 4.74 Å². The Balaban J connectivity index is 1.70. The van der Waals surface area contributed by atoms with Crippen LogP contribution in [0.2, 0.25) is 0 Å². The molecule has 0 aliphatic carbocycles. The van der Waals surface area contributed by atoms with Crippen LogP contribution in [0.1, 0.15) is 55.2 Å². The summed E-state index contributed by atoms with van der Waals surface area (Å²) in [6, 6.07) is 11.0. The van der Waals surface area contributed by atoms with Gasteiger partial charge >= 0.3 is 6.09 Å². The van der Waals surface area contributed by atoms with Crippen LogP contribution in [0.25, 0.3) is 0 Å². The van der Waals surface area contributed by atoms with Crippen LogP contribution in [0.3, 0.4) is 0 Å². The quantitative estimate of drug-likeness (QED) is 0.840. The maximum atomic E-state index is 13.0. The van der Waals surface area contributed by atoms with E-state index in [0.29, 0.717) is 12.1 Å². The number of benzene rings is 2. The molecule has 3 rings (SSSR count). The summed E-state index contributed by atoms with van der Waals surface area (Å²) in [5, 5.41) is 2.92. The molecule has 148 valence electrons. The first-order valence-corrected chi connectivity index (χ1v) is 9.34. The topological polar surface area (TPSA) is 58.6 Å². The predicted octanol–water partition coefficient (Wildman–Crippen LogP) is 4.61. The van der Waals surface area contributed by atoms with Crippen molar-refractivity contribution in [2.45, 2.75) is 45.8 Å². The van der Waals surface area contributed by atoms with Gasteiger partial charge in [0, 0.05) is 12.1 Å². The molecule has 0 spiro atoms. The molecular formula is C22H25FN2O3. The maximum Gasteiger partial charge on any atom is 0.414 e. The number of hydrogen-bond donors (Lipinski definition) is 1. The molecule has 0 saturated heterocycles. The van der Waals surface area contributed by atoms with Crippen LogP contribution in [0.15, 0.2) is 42.5 Å². The second kappa shape index (κ2) is 7.62. The highest BCUT2D eigenvalue weighted by atomic mass is 19.1. The van der Waals surface area contributed by atoms with Gasteiger partial charge in [-0.3, -0.25) is 9.69 Å². The van der Waals surface area contributed by atoms with E-state index < -0.39 is 5.60 Å². The summed E-state index contributed by atoms with van der Waals surface area (Å²) in [6.07, 6.45) is 0.387. The first kappa shape index (κ1) is 19.9. The number of hydrogen-bond acceptors (Lipinski definition) is 3. The van der Waals surface area contributed by atoms with Crippen molar-refractivity contribution in [3.05, 3.63) is 65.0 Å². The van der Waals surface area contributed by atoms with Crippen molar-refractivity contribution in [2.24, 2.45) is 0 Å². The van der Waals surface area contributed by atoms with Crippen LogP contribution in [-0.2, 0) is 11.2 Å². The van der Waals surface area contributed by atoms with E-state index >= 15 is 0 Å². The Morgan fingerprint density at radius 3 is 2.46 bits per heavy atom. The van der Waals surface area contributed by atoms with Crippen LogP contribution in [0, 0.1) is 5.82 Å². The van der Waals surface area contributed by atoms with Crippen molar-refractivity contribution in [1.82, 2.24) is 5.32 Å². The van der Waals surface area contributed by atoms with Crippen LogP contribution in [0.5, 0.6) is 0 Å². The van der Waals surface area contributed by atoms with Gasteiger partial charge in [0.05, 0.1) is 11.7 Å². The Morgan fingerprint density at radius 2 is 1.82 bits per heavy atom. The minimum absolute atomic E-state index is 0.224. The van der Waals surface area contributed by atoms with Gasteiger partial charge in [0.25, 0.3) is 5.91 Å². The van der Waals surface area contributed by atoms with Gasteiger partial charge in [-0.25, -0.2) is 9.18 Å². The van der Waals surface area contributed by atoms with Gasteiger partial charge in [0.15, 0.2) is 0 Å². The normalized spacial score (nSPS) is 14.4. The third-order valence-corrected chi connectivity index (χ3v) is 4.57. The highest BCUT2D eigenvalue weighted by Crippen LogP contribution is 2.31. The molecule has 1 aliphatic rings. The zero-order chi connectivity index (χ0) is 20.5. The van der Waals surface area contributed by atoms with Gasteiger partial charge in [0.2, 0.25) is 0 Å². The highest BCUT2D eigenvalue weighted by molar-refractivity contribution is 5.94. The maximum absolute atomic E-state index is 13.0. The molecule has 28 heavy (non-hydrogen) atoms. The van der Waals surface area contributed by atoms with Gasteiger partial charge in [-0.15, -0.1) is 0 Å². The average Bonchev–Trinajstić information content (AvgIpc) is 3.04. The largest absolute Gasteiger partial charge is 0.443 e. The van der Waals surface area contributed by atoms with Crippen molar-refractivity contribution >= 4 is 17.7 Å². The lowest BCUT2D eigenvalue weighted by Crippen LogP contribution is -2.35. The van der Waals surface area contributed by atoms with Gasteiger partial charge in [-0.1, -0.05) is 12.1 Å². The molecule has 1 unspecified atom stereocenters. The standard InChI is InChI=1S/C22H25FN2O3/c1-14(24-20(26)15-5-8-18(23)9-6-15)16-7-10-19-17(13-16)11-12-25(19)21(27)28-22(2,3)4/h5-10,13-14H,11-12H2,1-4H3,(H,24,26). The Bertz CT molecular complexity index is 888. The molecule has 1 heterocycles. The smallest absolute Gasteiger partial charge is 0.414 e. The molecule has 2 amide bonds. The van der Waals surface area contributed by atoms with Crippen molar-refractivity contribution < 1.29 is 18.7 Å². The van der Waals surface area contributed by atoms with Crippen molar-refractivity contribution in [3.63, 3.8) is 0 Å². The van der Waals surface area contributed by atoms with Crippen molar-refractivity contribution in [2.75, 3.05) is 11.4 Å². The molecule has 0 saturated carbocycles. The molecule has 1 atom stereocenters. The average molecular weight is 384 g/mol. The number of amides is 2. The monoisotopic (exact) mass is 384 g/mol. The summed E-state index contributed by atoms with van der Waals surface area (Å²) in [5.74, 6) is -0.638. The number of anilines is 1. The summed E-state index contributed by atoms with van der Waals surface area (Å²) in [5.41, 5.74) is 2.70. The summed E-state index contributed by atoms with van der Waals surface area (Å²) in [7, 11) is 0. The van der Waals surface area contributed by atoms with E-state index in [0.717, 1.165) is 23.2 Å². The van der Waals surface area contributed by atoms with Gasteiger partial charge in [-0.2, -0.15) is 0 Å². The predicted molar refractivity (Wildman–Crippen MR) is 106 cm³/mol. The minimum Gasteiger partial charge on any atom is -0.443 e. The molecular weight excluding hydrogens is 359 g/mol. The number of carbonyl (C=O) groups is 2. The van der Waals surface area contributed by atoms with Crippen molar-refractivity contribution in [1.29, 1.82) is 0 Å². The second-order valence-electron chi connectivity index (χ2n) is 7.97. The van der Waals surface area contributed by atoms with Crippen molar-refractivity contribution in [3.8, 4) is 0 Å². The molecule has 0 bridgehead atoms.